The molecule has 1 atom stereocenters. The summed E-state index contributed by atoms with van der Waals surface area (Å²) in [5.74, 6) is -2.73. The number of aromatic nitrogens is 2. The minimum atomic E-state index is -2.55. The maximum absolute atomic E-state index is 14.6. The number of nitrogens with zero attached hydrogens (tertiary/aromatic N) is 2. The van der Waals surface area contributed by atoms with Gasteiger partial charge in [0.05, 0.1) is 0 Å². The van der Waals surface area contributed by atoms with Crippen molar-refractivity contribution in [2.24, 2.45) is 0 Å². The zero-order valence-corrected chi connectivity index (χ0v) is 15.9. The number of carboxylic acids is 1. The molecule has 1 rings (SSSR count). The monoisotopic (exact) mass is 402 g/mol. The van der Waals surface area contributed by atoms with E-state index in [0.717, 1.165) is 6.20 Å². The van der Waals surface area contributed by atoms with Gasteiger partial charge in [0.2, 0.25) is 0 Å². The second-order valence-corrected chi connectivity index (χ2v) is 6.90. The number of alkyl carbamates (subject to hydrolysis) is 1. The van der Waals surface area contributed by atoms with Crippen molar-refractivity contribution in [3.8, 4) is 0 Å². The summed E-state index contributed by atoms with van der Waals surface area (Å²) in [4.78, 5) is 60.5. The largest absolute Gasteiger partial charge is 0.480 e. The maximum atomic E-state index is 14.6. The molecule has 11 nitrogen and oxygen atoms in total. The fourth-order valence-corrected chi connectivity index (χ4v) is 2.06. The van der Waals surface area contributed by atoms with Crippen LogP contribution in [0.5, 0.6) is 0 Å². The van der Waals surface area contributed by atoms with Crippen molar-refractivity contribution in [3.63, 3.8) is 0 Å². The normalized spacial score (nSPS) is 12.2. The highest BCUT2D eigenvalue weighted by Crippen LogP contribution is 2.10. The minimum Gasteiger partial charge on any atom is -0.480 e. The van der Waals surface area contributed by atoms with Crippen molar-refractivity contribution >= 4 is 18.0 Å². The highest BCUT2D eigenvalue weighted by molar-refractivity contribution is 5.83. The molecule has 0 aliphatic heterocycles. The molecule has 1 heterocycles. The standard InChI is InChI=1S/C16H23FN4O7/c1-9-7-21(14(26)19-12(9)24)11(17)13(25)20(8-10(22)23)6-5-18-15(27)28-16(2,3)4/h7,11H,5-6,8H2,1-4H3,(H,18,27)(H,22,23)(H,19,24,26). The first kappa shape index (κ1) is 22.9. The van der Waals surface area contributed by atoms with E-state index in [9.17, 15) is 28.4 Å². The molecule has 28 heavy (non-hydrogen) atoms. The average Bonchev–Trinajstić information content (AvgIpc) is 2.54. The van der Waals surface area contributed by atoms with Gasteiger partial charge in [0.15, 0.2) is 0 Å². The second-order valence-electron chi connectivity index (χ2n) is 6.90. The molecule has 1 aromatic rings. The van der Waals surface area contributed by atoms with Gasteiger partial charge in [-0.05, 0) is 27.7 Å². The van der Waals surface area contributed by atoms with Gasteiger partial charge in [-0.15, -0.1) is 0 Å². The lowest BCUT2D eigenvalue weighted by atomic mass is 10.2. The summed E-state index contributed by atoms with van der Waals surface area (Å²) >= 11 is 0. The Balaban J connectivity index is 2.89. The minimum absolute atomic E-state index is 0.00794. The number of alkyl halides is 1. The van der Waals surface area contributed by atoms with E-state index in [1.807, 2.05) is 4.98 Å². The summed E-state index contributed by atoms with van der Waals surface area (Å²) in [6, 6.07) is 0. The average molecular weight is 402 g/mol. The molecule has 0 bridgehead atoms. The lowest BCUT2D eigenvalue weighted by molar-refractivity contribution is -0.148. The van der Waals surface area contributed by atoms with Crippen LogP contribution in [0.2, 0.25) is 0 Å². The number of halogens is 1. The third-order valence-corrected chi connectivity index (χ3v) is 3.28. The van der Waals surface area contributed by atoms with Crippen molar-refractivity contribution in [2.45, 2.75) is 39.6 Å². The fraction of sp³-hybridized carbons (Fsp3) is 0.562. The smallest absolute Gasteiger partial charge is 0.407 e. The van der Waals surface area contributed by atoms with Crippen molar-refractivity contribution in [1.29, 1.82) is 0 Å². The number of ether oxygens (including phenoxy) is 1. The predicted molar refractivity (Wildman–Crippen MR) is 94.7 cm³/mol. The van der Waals surface area contributed by atoms with Gasteiger partial charge in [-0.25, -0.2) is 14.0 Å². The Kier molecular flexibility index (Phi) is 7.47. The SMILES string of the molecule is Cc1cn(C(F)C(=O)N(CCNC(=O)OC(C)(C)C)CC(=O)O)c(=O)[nH]c1=O. The third kappa shape index (κ3) is 6.85. The molecule has 1 unspecified atom stereocenters. The molecule has 0 saturated heterocycles. The Morgan fingerprint density at radius 2 is 1.96 bits per heavy atom. The molecule has 0 saturated carbocycles. The first-order valence-electron chi connectivity index (χ1n) is 8.25. The molecule has 0 radical (unpaired) electrons. The quantitative estimate of drug-likeness (QED) is 0.569. The third-order valence-electron chi connectivity index (χ3n) is 3.28. The number of carbonyl (C=O) groups excluding carboxylic acids is 2. The van der Waals surface area contributed by atoms with Gasteiger partial charge in [0.25, 0.3) is 17.8 Å². The molecule has 0 spiro atoms. The van der Waals surface area contributed by atoms with Crippen molar-refractivity contribution in [3.05, 3.63) is 32.6 Å². The lowest BCUT2D eigenvalue weighted by Gasteiger charge is -2.24. The van der Waals surface area contributed by atoms with Crippen LogP contribution < -0.4 is 16.6 Å². The number of aliphatic carboxylic acids is 1. The van der Waals surface area contributed by atoms with Gasteiger partial charge in [0.1, 0.15) is 12.1 Å². The van der Waals surface area contributed by atoms with E-state index in [1.54, 1.807) is 20.8 Å². The summed E-state index contributed by atoms with van der Waals surface area (Å²) in [6.45, 7) is 4.83. The van der Waals surface area contributed by atoms with Crippen LogP contribution in [-0.4, -0.2) is 62.8 Å². The molecule has 156 valence electrons. The van der Waals surface area contributed by atoms with Gasteiger partial charge >= 0.3 is 17.8 Å². The van der Waals surface area contributed by atoms with Gasteiger partial charge in [-0.1, -0.05) is 0 Å². The molecular weight excluding hydrogens is 379 g/mol. The van der Waals surface area contributed by atoms with E-state index in [0.29, 0.717) is 9.47 Å². The molecule has 0 aliphatic rings. The van der Waals surface area contributed by atoms with E-state index in [1.165, 1.54) is 6.92 Å². The highest BCUT2D eigenvalue weighted by atomic mass is 19.1. The Labute approximate surface area is 159 Å². The topological polar surface area (TPSA) is 151 Å². The number of aromatic amines is 1. The number of aryl methyl sites for hydroxylation is 1. The van der Waals surface area contributed by atoms with E-state index in [4.69, 9.17) is 9.84 Å². The zero-order chi connectivity index (χ0) is 21.6. The molecule has 1 aromatic heterocycles. The number of rotatable bonds is 7. The summed E-state index contributed by atoms with van der Waals surface area (Å²) in [7, 11) is 0. The predicted octanol–water partition coefficient (Wildman–Crippen LogP) is -0.249. The van der Waals surface area contributed by atoms with Gasteiger partial charge < -0.3 is 20.1 Å². The molecule has 3 N–H and O–H groups in total. The number of hydrogen-bond acceptors (Lipinski definition) is 6. The molecule has 12 heteroatoms. The van der Waals surface area contributed by atoms with Crippen LogP contribution in [0.4, 0.5) is 9.18 Å². The van der Waals surface area contributed by atoms with Crippen LogP contribution in [0.1, 0.15) is 32.6 Å². The van der Waals surface area contributed by atoms with Gasteiger partial charge in [0, 0.05) is 24.8 Å². The molecule has 0 aromatic carbocycles. The number of nitrogens with one attached hydrogen (secondary N) is 2. The number of carboxylic acid groups (broad SMARTS) is 1. The number of carbonyl (C=O) groups is 3. The summed E-state index contributed by atoms with van der Waals surface area (Å²) < 4.78 is 19.9. The maximum Gasteiger partial charge on any atom is 0.407 e. The number of hydrogen-bond donors (Lipinski definition) is 3. The molecule has 2 amide bonds. The Morgan fingerprint density at radius 3 is 2.50 bits per heavy atom. The Morgan fingerprint density at radius 1 is 1.36 bits per heavy atom. The molecule has 0 fully saturated rings. The van der Waals surface area contributed by atoms with Crippen molar-refractivity contribution < 1.29 is 28.6 Å². The van der Waals surface area contributed by atoms with E-state index in [2.05, 4.69) is 5.32 Å². The van der Waals surface area contributed by atoms with Crippen molar-refractivity contribution in [2.75, 3.05) is 19.6 Å². The second kappa shape index (κ2) is 9.15. The van der Waals surface area contributed by atoms with E-state index >= 15 is 0 Å². The van der Waals surface area contributed by atoms with Gasteiger partial charge in [-0.3, -0.25) is 23.9 Å². The Hall–Kier alpha value is -3.18. The van der Waals surface area contributed by atoms with Crippen LogP contribution >= 0.6 is 0 Å². The lowest BCUT2D eigenvalue weighted by Crippen LogP contribution is -2.46. The molecule has 0 aliphatic carbocycles. The molecular formula is C16H23FN4O7. The van der Waals surface area contributed by atoms with Gasteiger partial charge in [-0.2, -0.15) is 0 Å². The highest BCUT2D eigenvalue weighted by Gasteiger charge is 2.28. The first-order chi connectivity index (χ1) is 12.8. The summed E-state index contributed by atoms with van der Waals surface area (Å²) in [6.07, 6.45) is -2.48. The Bertz CT molecular complexity index is 856. The van der Waals surface area contributed by atoms with E-state index in [-0.39, 0.29) is 18.7 Å². The first-order valence-corrected chi connectivity index (χ1v) is 8.25. The fourth-order valence-electron chi connectivity index (χ4n) is 2.06. The summed E-state index contributed by atoms with van der Waals surface area (Å²) in [5.41, 5.74) is -2.65. The van der Waals surface area contributed by atoms with Crippen molar-refractivity contribution in [1.82, 2.24) is 19.8 Å². The zero-order valence-electron chi connectivity index (χ0n) is 15.9. The van der Waals surface area contributed by atoms with Crippen LogP contribution in [-0.2, 0) is 14.3 Å². The summed E-state index contributed by atoms with van der Waals surface area (Å²) in [5, 5.41) is 11.3. The van der Waals surface area contributed by atoms with Crippen LogP contribution in [0.3, 0.4) is 0 Å². The number of amides is 2. The van der Waals surface area contributed by atoms with Crippen LogP contribution in [0.25, 0.3) is 0 Å². The number of H-pyrrole nitrogens is 1. The van der Waals surface area contributed by atoms with Crippen LogP contribution in [0, 0.1) is 6.92 Å². The van der Waals surface area contributed by atoms with E-state index < -0.39 is 47.7 Å². The van der Waals surface area contributed by atoms with Crippen LogP contribution in [0.15, 0.2) is 15.8 Å².